The summed E-state index contributed by atoms with van der Waals surface area (Å²) in [6, 6.07) is -1.68. The number of hydrogen-bond acceptors (Lipinski definition) is 4. The number of aromatic amines is 2. The molecule has 2 unspecified atom stereocenters. The Morgan fingerprint density at radius 1 is 0.800 bits per heavy atom. The van der Waals surface area contributed by atoms with Crippen LogP contribution in [0.3, 0.4) is 0 Å². The Balaban J connectivity index is 1.80. The predicted molar refractivity (Wildman–Crippen MR) is 67.0 cm³/mol. The lowest BCUT2D eigenvalue weighted by atomic mass is 9.99. The molecule has 2 aliphatic rings. The van der Waals surface area contributed by atoms with Gasteiger partial charge in [-0.05, 0) is 0 Å². The van der Waals surface area contributed by atoms with E-state index < -0.39 is 12.1 Å². The lowest BCUT2D eigenvalue weighted by Crippen LogP contribution is -2.48. The van der Waals surface area contributed by atoms with Crippen LogP contribution in [0.4, 0.5) is 21.2 Å². The minimum Gasteiger partial charge on any atom is -0.345 e. The molecular weight excluding hydrogens is 264 g/mol. The fourth-order valence-corrected chi connectivity index (χ4v) is 2.50. The highest BCUT2D eigenvalue weighted by atomic mass is 16.2. The molecule has 0 radical (unpaired) electrons. The largest absolute Gasteiger partial charge is 0.345 e. The van der Waals surface area contributed by atoms with Crippen LogP contribution in [0.2, 0.25) is 0 Å². The van der Waals surface area contributed by atoms with Gasteiger partial charge in [-0.25, -0.2) is 19.6 Å². The molecule has 4 amide bonds. The molecule has 4 rings (SSSR count). The Labute approximate surface area is 111 Å². The van der Waals surface area contributed by atoms with E-state index in [0.717, 1.165) is 0 Å². The second-order valence-corrected chi connectivity index (χ2v) is 4.48. The van der Waals surface area contributed by atoms with Crippen molar-refractivity contribution in [2.24, 2.45) is 0 Å². The van der Waals surface area contributed by atoms with E-state index in [1.54, 1.807) is 0 Å². The molecule has 6 N–H and O–H groups in total. The second-order valence-electron chi connectivity index (χ2n) is 4.48. The van der Waals surface area contributed by atoms with E-state index in [-0.39, 0.29) is 12.1 Å². The molecule has 0 spiro atoms. The monoisotopic (exact) mass is 274 g/mol. The van der Waals surface area contributed by atoms with E-state index in [2.05, 4.69) is 41.2 Å². The molecule has 2 atom stereocenters. The molecule has 0 fully saturated rings. The summed E-state index contributed by atoms with van der Waals surface area (Å²) in [5.74, 6) is 0.903. The zero-order chi connectivity index (χ0) is 13.7. The maximum atomic E-state index is 11.7. The van der Waals surface area contributed by atoms with Gasteiger partial charge in [0.05, 0.1) is 24.0 Å². The van der Waals surface area contributed by atoms with Gasteiger partial charge in [-0.1, -0.05) is 0 Å². The van der Waals surface area contributed by atoms with E-state index in [1.165, 1.54) is 12.7 Å². The number of nitrogens with zero attached hydrogens (tertiary/aromatic N) is 2. The first kappa shape index (κ1) is 10.8. The molecule has 0 saturated carbocycles. The van der Waals surface area contributed by atoms with Gasteiger partial charge in [0.15, 0.2) is 11.6 Å². The quantitative estimate of drug-likeness (QED) is 0.441. The van der Waals surface area contributed by atoms with Gasteiger partial charge < -0.3 is 20.6 Å². The Hall–Kier alpha value is -3.04. The molecule has 10 heteroatoms. The smallest absolute Gasteiger partial charge is 0.321 e. The molecular formula is C10H10N8O2. The summed E-state index contributed by atoms with van der Waals surface area (Å²) < 4.78 is 0. The third-order valence-electron chi connectivity index (χ3n) is 3.33. The van der Waals surface area contributed by atoms with Gasteiger partial charge in [0.1, 0.15) is 12.1 Å². The first-order valence-corrected chi connectivity index (χ1v) is 5.94. The minimum atomic E-state index is -0.466. The van der Waals surface area contributed by atoms with E-state index in [1.807, 2.05) is 0 Å². The van der Waals surface area contributed by atoms with Crippen LogP contribution in [0.15, 0.2) is 12.7 Å². The number of hydrogen-bond donors (Lipinski definition) is 6. The van der Waals surface area contributed by atoms with E-state index >= 15 is 0 Å². The van der Waals surface area contributed by atoms with E-state index in [0.29, 0.717) is 23.0 Å². The molecule has 2 aromatic rings. The van der Waals surface area contributed by atoms with Gasteiger partial charge in [0.2, 0.25) is 0 Å². The Morgan fingerprint density at radius 3 is 1.70 bits per heavy atom. The summed E-state index contributed by atoms with van der Waals surface area (Å²) in [7, 11) is 0. The summed E-state index contributed by atoms with van der Waals surface area (Å²) in [6.07, 6.45) is 2.98. The van der Waals surface area contributed by atoms with Crippen molar-refractivity contribution in [2.45, 2.75) is 12.1 Å². The molecule has 0 bridgehead atoms. The van der Waals surface area contributed by atoms with Crippen molar-refractivity contribution in [3.8, 4) is 0 Å². The molecule has 0 aliphatic carbocycles. The van der Waals surface area contributed by atoms with Crippen molar-refractivity contribution in [3.63, 3.8) is 0 Å². The van der Waals surface area contributed by atoms with Crippen LogP contribution in [0.5, 0.6) is 0 Å². The van der Waals surface area contributed by atoms with Gasteiger partial charge in [-0.3, -0.25) is 10.6 Å². The summed E-state index contributed by atoms with van der Waals surface area (Å²) in [5, 5.41) is 10.7. The number of aromatic nitrogens is 4. The van der Waals surface area contributed by atoms with Gasteiger partial charge in [0, 0.05) is 0 Å². The van der Waals surface area contributed by atoms with E-state index in [9.17, 15) is 9.59 Å². The molecule has 0 saturated heterocycles. The maximum Gasteiger partial charge on any atom is 0.321 e. The van der Waals surface area contributed by atoms with Gasteiger partial charge >= 0.3 is 12.1 Å². The Morgan fingerprint density at radius 2 is 1.25 bits per heavy atom. The second kappa shape index (κ2) is 3.73. The number of imidazole rings is 2. The average molecular weight is 274 g/mol. The first-order chi connectivity index (χ1) is 9.72. The predicted octanol–water partition coefficient (Wildman–Crippen LogP) is 0.185. The standard InChI is InChI=1S/C10H10N8O2/c19-9-15-3(5-7(17-9)13-1-11-5)4-6-8(14-2-12-6)18-10(20)16-4/h1-4H,(H,11,13)(H,12,14)(H2,15,17,19)(H2,16,18,20). The van der Waals surface area contributed by atoms with Crippen molar-refractivity contribution in [1.29, 1.82) is 0 Å². The highest BCUT2D eigenvalue weighted by Crippen LogP contribution is 2.36. The lowest BCUT2D eigenvalue weighted by Gasteiger charge is -2.33. The van der Waals surface area contributed by atoms with Crippen LogP contribution >= 0.6 is 0 Å². The SMILES string of the molecule is O=C1Nc2nc[nH]c2C(C2NC(=O)Nc3nc[nH]c32)N1. The fraction of sp³-hybridized carbons (Fsp3) is 0.200. The van der Waals surface area contributed by atoms with Crippen molar-refractivity contribution in [3.05, 3.63) is 24.0 Å². The highest BCUT2D eigenvalue weighted by Gasteiger charge is 2.39. The van der Waals surface area contributed by atoms with Crippen LogP contribution in [-0.4, -0.2) is 32.0 Å². The molecule has 2 aliphatic heterocycles. The zero-order valence-corrected chi connectivity index (χ0v) is 10.0. The van der Waals surface area contributed by atoms with E-state index in [4.69, 9.17) is 0 Å². The number of carbonyl (C=O) groups excluding carboxylic acids is 2. The number of amides is 4. The van der Waals surface area contributed by atoms with Crippen LogP contribution in [0.25, 0.3) is 0 Å². The van der Waals surface area contributed by atoms with Gasteiger partial charge in [0.25, 0.3) is 0 Å². The normalized spacial score (nSPS) is 23.8. The third kappa shape index (κ3) is 1.44. The topological polar surface area (TPSA) is 140 Å². The summed E-state index contributed by atoms with van der Waals surface area (Å²) in [5.41, 5.74) is 1.38. The molecule has 4 heterocycles. The molecule has 10 nitrogen and oxygen atoms in total. The zero-order valence-electron chi connectivity index (χ0n) is 10.0. The Bertz CT molecular complexity index is 643. The minimum absolute atomic E-state index is 0.372. The van der Waals surface area contributed by atoms with Crippen molar-refractivity contribution in [2.75, 3.05) is 10.6 Å². The van der Waals surface area contributed by atoms with Gasteiger partial charge in [-0.15, -0.1) is 0 Å². The molecule has 2 aromatic heterocycles. The van der Waals surface area contributed by atoms with Crippen molar-refractivity contribution in [1.82, 2.24) is 30.6 Å². The van der Waals surface area contributed by atoms with Crippen molar-refractivity contribution < 1.29 is 9.59 Å². The lowest BCUT2D eigenvalue weighted by molar-refractivity contribution is 0.233. The summed E-state index contributed by atoms with van der Waals surface area (Å²) >= 11 is 0. The number of nitrogens with one attached hydrogen (secondary N) is 6. The highest BCUT2D eigenvalue weighted by molar-refractivity contribution is 5.93. The fourth-order valence-electron chi connectivity index (χ4n) is 2.50. The van der Waals surface area contributed by atoms with Crippen LogP contribution in [0, 0.1) is 0 Å². The average Bonchev–Trinajstić information content (AvgIpc) is 3.04. The number of carbonyl (C=O) groups is 2. The number of fused-ring (bicyclic) bond motifs is 2. The third-order valence-corrected chi connectivity index (χ3v) is 3.33. The van der Waals surface area contributed by atoms with Crippen LogP contribution in [0.1, 0.15) is 23.5 Å². The number of H-pyrrole nitrogens is 2. The van der Waals surface area contributed by atoms with Crippen LogP contribution in [-0.2, 0) is 0 Å². The first-order valence-electron chi connectivity index (χ1n) is 5.94. The molecule has 0 aromatic carbocycles. The number of urea groups is 2. The van der Waals surface area contributed by atoms with Crippen molar-refractivity contribution >= 4 is 23.7 Å². The summed E-state index contributed by atoms with van der Waals surface area (Å²) in [6.45, 7) is 0. The number of anilines is 2. The maximum absolute atomic E-state index is 11.7. The van der Waals surface area contributed by atoms with Gasteiger partial charge in [-0.2, -0.15) is 0 Å². The summed E-state index contributed by atoms with van der Waals surface area (Å²) in [4.78, 5) is 37.4. The number of rotatable bonds is 1. The van der Waals surface area contributed by atoms with Crippen LogP contribution < -0.4 is 21.3 Å². The molecule has 20 heavy (non-hydrogen) atoms. The Kier molecular flexibility index (Phi) is 2.02. The molecule has 102 valence electrons.